The predicted molar refractivity (Wildman–Crippen MR) is 49.9 cm³/mol. The number of hydrogen-bond donors (Lipinski definition) is 1. The smallest absolute Gasteiger partial charge is 0.157 e. The summed E-state index contributed by atoms with van der Waals surface area (Å²) in [7, 11) is 0. The third kappa shape index (κ3) is 1.76. The van der Waals surface area contributed by atoms with Crippen LogP contribution in [0.15, 0.2) is 4.99 Å². The molecule has 1 heterocycles. The quantitative estimate of drug-likeness (QED) is 0.606. The molecule has 11 heavy (non-hydrogen) atoms. The summed E-state index contributed by atoms with van der Waals surface area (Å²) in [5.41, 5.74) is -0.852. The Labute approximate surface area is 72.1 Å². The number of thioether (sulfide) groups is 1. The van der Waals surface area contributed by atoms with Gasteiger partial charge in [0.25, 0.3) is 0 Å². The monoisotopic (exact) mass is 173 g/mol. The molecule has 3 unspecified atom stereocenters. The molecule has 3 atom stereocenters. The van der Waals surface area contributed by atoms with Crippen molar-refractivity contribution in [2.24, 2.45) is 10.9 Å². The van der Waals surface area contributed by atoms with Crippen molar-refractivity contribution in [3.05, 3.63) is 0 Å². The molecule has 0 aromatic heterocycles. The minimum absolute atomic E-state index is 0.233. The maximum Gasteiger partial charge on any atom is 0.157 e. The molecule has 1 N–H and O–H groups in total. The van der Waals surface area contributed by atoms with E-state index in [2.05, 4.69) is 11.9 Å². The summed E-state index contributed by atoms with van der Waals surface area (Å²) in [4.78, 5) is 4.18. The number of aliphatic imine (C=N–C) groups is 1. The molecule has 1 aliphatic rings. The average molecular weight is 173 g/mol. The Morgan fingerprint density at radius 1 is 1.55 bits per heavy atom. The van der Waals surface area contributed by atoms with Crippen molar-refractivity contribution in [3.63, 3.8) is 0 Å². The Hall–Kier alpha value is -0.0200. The van der Waals surface area contributed by atoms with Crippen LogP contribution in [0.4, 0.5) is 0 Å². The molecule has 0 radical (unpaired) electrons. The molecule has 64 valence electrons. The van der Waals surface area contributed by atoms with Crippen molar-refractivity contribution >= 4 is 16.8 Å². The summed E-state index contributed by atoms with van der Waals surface area (Å²) in [6, 6.07) is 0. The SMILES string of the molecule is CC1=NC(C)(O)C(C)C(C)S1. The van der Waals surface area contributed by atoms with E-state index in [9.17, 15) is 5.11 Å². The first-order valence-electron chi connectivity index (χ1n) is 3.89. The number of nitrogens with zero attached hydrogens (tertiary/aromatic N) is 1. The van der Waals surface area contributed by atoms with Crippen molar-refractivity contribution < 1.29 is 5.11 Å². The molecule has 2 nitrogen and oxygen atoms in total. The minimum atomic E-state index is -0.852. The fourth-order valence-electron chi connectivity index (χ4n) is 1.26. The van der Waals surface area contributed by atoms with Gasteiger partial charge in [0.05, 0.1) is 5.04 Å². The van der Waals surface area contributed by atoms with Crippen LogP contribution in [-0.2, 0) is 0 Å². The molecular weight excluding hydrogens is 158 g/mol. The van der Waals surface area contributed by atoms with Gasteiger partial charge in [-0.15, -0.1) is 11.8 Å². The average Bonchev–Trinajstić information content (AvgIpc) is 1.81. The van der Waals surface area contributed by atoms with Crippen molar-refractivity contribution in [2.45, 2.75) is 38.7 Å². The second-order valence-electron chi connectivity index (χ2n) is 3.34. The van der Waals surface area contributed by atoms with Gasteiger partial charge < -0.3 is 5.11 Å². The highest BCUT2D eigenvalue weighted by Crippen LogP contribution is 2.35. The lowest BCUT2D eigenvalue weighted by Crippen LogP contribution is -2.40. The zero-order chi connectivity index (χ0) is 8.65. The maximum absolute atomic E-state index is 9.78. The highest BCUT2D eigenvalue weighted by molar-refractivity contribution is 8.14. The van der Waals surface area contributed by atoms with Gasteiger partial charge in [0.2, 0.25) is 0 Å². The Kier molecular flexibility index (Phi) is 2.30. The van der Waals surface area contributed by atoms with Crippen LogP contribution in [0.1, 0.15) is 27.7 Å². The topological polar surface area (TPSA) is 32.6 Å². The fourth-order valence-corrected chi connectivity index (χ4v) is 2.50. The highest BCUT2D eigenvalue weighted by Gasteiger charge is 2.35. The first-order valence-corrected chi connectivity index (χ1v) is 4.77. The van der Waals surface area contributed by atoms with E-state index in [1.165, 1.54) is 0 Å². The molecular formula is C8H15NOS. The van der Waals surface area contributed by atoms with Gasteiger partial charge >= 0.3 is 0 Å². The number of hydrogen-bond acceptors (Lipinski definition) is 3. The zero-order valence-corrected chi connectivity index (χ0v) is 8.27. The van der Waals surface area contributed by atoms with Gasteiger partial charge in [-0.2, -0.15) is 0 Å². The van der Waals surface area contributed by atoms with Gasteiger partial charge in [-0.05, 0) is 13.8 Å². The molecule has 0 saturated heterocycles. The van der Waals surface area contributed by atoms with E-state index in [1.54, 1.807) is 18.7 Å². The van der Waals surface area contributed by atoms with Gasteiger partial charge in [-0.25, -0.2) is 4.99 Å². The standard InChI is InChI=1S/C8H15NOS/c1-5-6(2)11-7(3)9-8(5,4)10/h5-6,10H,1-4H3. The normalized spacial score (nSPS) is 45.4. The van der Waals surface area contributed by atoms with Crippen LogP contribution < -0.4 is 0 Å². The first-order chi connectivity index (χ1) is 4.93. The molecule has 0 bridgehead atoms. The van der Waals surface area contributed by atoms with Crippen LogP contribution >= 0.6 is 11.8 Å². The summed E-state index contributed by atoms with van der Waals surface area (Å²) in [6.45, 7) is 7.88. The van der Waals surface area contributed by atoms with Gasteiger partial charge in [-0.1, -0.05) is 13.8 Å². The highest BCUT2D eigenvalue weighted by atomic mass is 32.2. The van der Waals surface area contributed by atoms with Crippen LogP contribution in [0.2, 0.25) is 0 Å². The van der Waals surface area contributed by atoms with Gasteiger partial charge in [0.15, 0.2) is 5.72 Å². The van der Waals surface area contributed by atoms with Crippen molar-refractivity contribution in [1.82, 2.24) is 0 Å². The second kappa shape index (κ2) is 2.79. The summed E-state index contributed by atoms with van der Waals surface area (Å²) in [5.74, 6) is 0.233. The fraction of sp³-hybridized carbons (Fsp3) is 0.875. The van der Waals surface area contributed by atoms with Crippen molar-refractivity contribution in [3.8, 4) is 0 Å². The van der Waals surface area contributed by atoms with Crippen LogP contribution in [0.5, 0.6) is 0 Å². The molecule has 0 saturated carbocycles. The van der Waals surface area contributed by atoms with E-state index in [1.807, 2.05) is 13.8 Å². The molecule has 1 rings (SSSR count). The Bertz CT molecular complexity index is 189. The predicted octanol–water partition coefficient (Wildman–Crippen LogP) is 1.88. The largest absolute Gasteiger partial charge is 0.369 e. The molecule has 0 amide bonds. The summed E-state index contributed by atoms with van der Waals surface area (Å²) in [6.07, 6.45) is 0. The molecule has 0 aromatic carbocycles. The third-order valence-electron chi connectivity index (χ3n) is 2.31. The van der Waals surface area contributed by atoms with Crippen molar-refractivity contribution in [2.75, 3.05) is 0 Å². The van der Waals surface area contributed by atoms with E-state index in [0.29, 0.717) is 5.25 Å². The molecule has 0 spiro atoms. The second-order valence-corrected chi connectivity index (χ2v) is 4.91. The maximum atomic E-state index is 9.78. The third-order valence-corrected chi connectivity index (χ3v) is 3.52. The van der Waals surface area contributed by atoms with Crippen molar-refractivity contribution in [1.29, 1.82) is 0 Å². The van der Waals surface area contributed by atoms with E-state index >= 15 is 0 Å². The molecule has 0 fully saturated rings. The molecule has 1 aliphatic heterocycles. The molecule has 0 aromatic rings. The van der Waals surface area contributed by atoms with Gasteiger partial charge in [-0.3, -0.25) is 0 Å². The summed E-state index contributed by atoms with van der Waals surface area (Å²) in [5, 5.41) is 11.2. The first kappa shape index (κ1) is 9.07. The lowest BCUT2D eigenvalue weighted by molar-refractivity contribution is 0.0150. The number of rotatable bonds is 0. The van der Waals surface area contributed by atoms with E-state index < -0.39 is 5.72 Å². The number of aliphatic hydroxyl groups is 1. The molecule has 3 heteroatoms. The lowest BCUT2D eigenvalue weighted by atomic mass is 9.97. The summed E-state index contributed by atoms with van der Waals surface area (Å²) < 4.78 is 0. The Morgan fingerprint density at radius 2 is 2.09 bits per heavy atom. The lowest BCUT2D eigenvalue weighted by Gasteiger charge is -2.35. The Morgan fingerprint density at radius 3 is 2.55 bits per heavy atom. The minimum Gasteiger partial charge on any atom is -0.369 e. The van der Waals surface area contributed by atoms with E-state index in [-0.39, 0.29) is 5.92 Å². The van der Waals surface area contributed by atoms with Crippen LogP contribution in [0.3, 0.4) is 0 Å². The van der Waals surface area contributed by atoms with Crippen LogP contribution in [-0.4, -0.2) is 21.1 Å². The Balaban J connectivity index is 2.88. The van der Waals surface area contributed by atoms with Crippen LogP contribution in [0, 0.1) is 5.92 Å². The van der Waals surface area contributed by atoms with Gasteiger partial charge in [0.1, 0.15) is 0 Å². The van der Waals surface area contributed by atoms with E-state index in [0.717, 1.165) is 5.04 Å². The van der Waals surface area contributed by atoms with E-state index in [4.69, 9.17) is 0 Å². The van der Waals surface area contributed by atoms with Gasteiger partial charge in [0, 0.05) is 11.2 Å². The summed E-state index contributed by atoms with van der Waals surface area (Å²) >= 11 is 1.74. The van der Waals surface area contributed by atoms with Crippen LogP contribution in [0.25, 0.3) is 0 Å². The zero-order valence-electron chi connectivity index (χ0n) is 7.46. The molecule has 0 aliphatic carbocycles.